The van der Waals surface area contributed by atoms with Gasteiger partial charge < -0.3 is 10.2 Å². The van der Waals surface area contributed by atoms with Gasteiger partial charge in [0.2, 0.25) is 0 Å². The molecule has 2 aromatic rings. The summed E-state index contributed by atoms with van der Waals surface area (Å²) in [6.07, 6.45) is 5.73. The van der Waals surface area contributed by atoms with Crippen molar-refractivity contribution in [3.8, 4) is 0 Å². The first kappa shape index (κ1) is 17.0. The van der Waals surface area contributed by atoms with E-state index in [9.17, 15) is 18.4 Å². The average molecular weight is 345 g/mol. The number of likely N-dealkylation sites (tertiary alicyclic amines) is 1. The summed E-state index contributed by atoms with van der Waals surface area (Å²) < 4.78 is 26.6. The Kier molecular flexibility index (Phi) is 5.02. The Morgan fingerprint density at radius 2 is 1.72 bits per heavy atom. The normalized spacial score (nSPS) is 14.2. The Morgan fingerprint density at radius 3 is 2.44 bits per heavy atom. The van der Waals surface area contributed by atoms with E-state index in [1.165, 1.54) is 18.5 Å². The molecule has 1 aromatic heterocycles. The Balaban J connectivity index is 1.76. The highest BCUT2D eigenvalue weighted by Crippen LogP contribution is 2.17. The molecule has 3 rings (SSSR count). The van der Waals surface area contributed by atoms with Gasteiger partial charge in [-0.3, -0.25) is 14.6 Å². The third-order valence-corrected chi connectivity index (χ3v) is 4.07. The number of rotatable bonds is 3. The van der Waals surface area contributed by atoms with Gasteiger partial charge in [0.25, 0.3) is 11.8 Å². The van der Waals surface area contributed by atoms with Crippen molar-refractivity contribution in [1.29, 1.82) is 0 Å². The molecule has 7 heteroatoms. The third-order valence-electron chi connectivity index (χ3n) is 4.07. The monoisotopic (exact) mass is 345 g/mol. The molecule has 1 aromatic carbocycles. The molecule has 1 aliphatic rings. The fraction of sp³-hybridized carbons (Fsp3) is 0.278. The van der Waals surface area contributed by atoms with Crippen molar-refractivity contribution in [1.82, 2.24) is 9.88 Å². The van der Waals surface area contributed by atoms with E-state index < -0.39 is 17.5 Å². The van der Waals surface area contributed by atoms with Crippen molar-refractivity contribution in [2.45, 2.75) is 19.3 Å². The van der Waals surface area contributed by atoms with Crippen LogP contribution in [0.5, 0.6) is 0 Å². The quantitative estimate of drug-likeness (QED) is 0.929. The van der Waals surface area contributed by atoms with Crippen molar-refractivity contribution in [2.24, 2.45) is 0 Å². The first-order valence-electron chi connectivity index (χ1n) is 8.05. The lowest BCUT2D eigenvalue weighted by atomic mass is 10.1. The standard InChI is InChI=1S/C18H17F2N3O2/c19-14-4-5-16(15(20)9-14)22-17(24)12-8-13(11-21-10-12)18(25)23-6-2-1-3-7-23/h4-5,8-11H,1-3,6-7H2,(H,22,24). The first-order chi connectivity index (χ1) is 12.0. The van der Waals surface area contributed by atoms with Crippen molar-refractivity contribution in [3.63, 3.8) is 0 Å². The maximum atomic E-state index is 13.6. The maximum absolute atomic E-state index is 13.6. The number of halogens is 2. The molecule has 0 atom stereocenters. The number of amides is 2. The van der Waals surface area contributed by atoms with Gasteiger partial charge in [-0.05, 0) is 37.5 Å². The van der Waals surface area contributed by atoms with Crippen molar-refractivity contribution >= 4 is 17.5 Å². The maximum Gasteiger partial charge on any atom is 0.257 e. The van der Waals surface area contributed by atoms with Crippen LogP contribution in [0.2, 0.25) is 0 Å². The van der Waals surface area contributed by atoms with Crippen LogP contribution in [0.3, 0.4) is 0 Å². The number of carbonyl (C=O) groups excluding carboxylic acids is 2. The molecule has 0 bridgehead atoms. The minimum absolute atomic E-state index is 0.131. The van der Waals surface area contributed by atoms with Gasteiger partial charge in [-0.1, -0.05) is 0 Å². The molecule has 0 aliphatic carbocycles. The highest BCUT2D eigenvalue weighted by atomic mass is 19.1. The molecule has 2 heterocycles. The number of pyridine rings is 1. The van der Waals surface area contributed by atoms with E-state index in [0.29, 0.717) is 24.7 Å². The van der Waals surface area contributed by atoms with Crippen LogP contribution in [0.4, 0.5) is 14.5 Å². The van der Waals surface area contributed by atoms with Crippen LogP contribution in [-0.2, 0) is 0 Å². The number of hydrogen-bond acceptors (Lipinski definition) is 3. The minimum Gasteiger partial charge on any atom is -0.339 e. The number of nitrogens with zero attached hydrogens (tertiary/aromatic N) is 2. The number of hydrogen-bond donors (Lipinski definition) is 1. The van der Waals surface area contributed by atoms with Gasteiger partial charge in [0.05, 0.1) is 16.8 Å². The van der Waals surface area contributed by atoms with Crippen LogP contribution in [0.1, 0.15) is 40.0 Å². The fourth-order valence-electron chi connectivity index (χ4n) is 2.75. The summed E-state index contributed by atoms with van der Waals surface area (Å²) in [6.45, 7) is 1.38. The minimum atomic E-state index is -0.873. The molecule has 25 heavy (non-hydrogen) atoms. The van der Waals surface area contributed by atoms with Crippen LogP contribution < -0.4 is 5.32 Å². The Hall–Kier alpha value is -2.83. The molecule has 1 saturated heterocycles. The van der Waals surface area contributed by atoms with E-state index in [2.05, 4.69) is 10.3 Å². The summed E-state index contributed by atoms with van der Waals surface area (Å²) in [5.41, 5.74) is 0.305. The Morgan fingerprint density at radius 1 is 1.00 bits per heavy atom. The van der Waals surface area contributed by atoms with Crippen LogP contribution >= 0.6 is 0 Å². The summed E-state index contributed by atoms with van der Waals surface area (Å²) in [7, 11) is 0. The number of piperidine rings is 1. The van der Waals surface area contributed by atoms with Crippen LogP contribution in [0, 0.1) is 11.6 Å². The van der Waals surface area contributed by atoms with Crippen LogP contribution in [0.25, 0.3) is 0 Å². The Labute approximate surface area is 143 Å². The fourth-order valence-corrected chi connectivity index (χ4v) is 2.75. The largest absolute Gasteiger partial charge is 0.339 e. The average Bonchev–Trinajstić information content (AvgIpc) is 2.64. The van der Waals surface area contributed by atoms with Crippen molar-refractivity contribution in [2.75, 3.05) is 18.4 Å². The van der Waals surface area contributed by atoms with Gasteiger partial charge in [0, 0.05) is 31.5 Å². The van der Waals surface area contributed by atoms with Gasteiger partial charge in [-0.2, -0.15) is 0 Å². The van der Waals surface area contributed by atoms with Crippen molar-refractivity contribution < 1.29 is 18.4 Å². The second kappa shape index (κ2) is 7.38. The van der Waals surface area contributed by atoms with Gasteiger partial charge in [0.15, 0.2) is 0 Å². The summed E-state index contributed by atoms with van der Waals surface area (Å²) in [4.78, 5) is 30.4. The van der Waals surface area contributed by atoms with Crippen molar-refractivity contribution in [3.05, 3.63) is 59.4 Å². The molecule has 5 nitrogen and oxygen atoms in total. The predicted octanol–water partition coefficient (Wildman–Crippen LogP) is 3.24. The summed E-state index contributed by atoms with van der Waals surface area (Å²) >= 11 is 0. The van der Waals surface area contributed by atoms with E-state index >= 15 is 0 Å². The molecular weight excluding hydrogens is 328 g/mol. The summed E-state index contributed by atoms with van der Waals surface area (Å²) in [5, 5.41) is 2.35. The van der Waals surface area contributed by atoms with E-state index in [-0.39, 0.29) is 17.2 Å². The molecule has 0 radical (unpaired) electrons. The topological polar surface area (TPSA) is 62.3 Å². The number of anilines is 1. The highest BCUT2D eigenvalue weighted by Gasteiger charge is 2.20. The molecule has 0 saturated carbocycles. The number of aromatic nitrogens is 1. The summed E-state index contributed by atoms with van der Waals surface area (Å²) in [6, 6.07) is 4.30. The molecule has 2 amide bonds. The van der Waals surface area contributed by atoms with Crippen LogP contribution in [-0.4, -0.2) is 34.8 Å². The zero-order valence-electron chi connectivity index (χ0n) is 13.5. The highest BCUT2D eigenvalue weighted by molar-refractivity contribution is 6.05. The summed E-state index contributed by atoms with van der Waals surface area (Å²) in [5.74, 6) is -2.39. The lowest BCUT2D eigenvalue weighted by molar-refractivity contribution is 0.0724. The molecule has 0 spiro atoms. The second-order valence-corrected chi connectivity index (χ2v) is 5.89. The zero-order chi connectivity index (χ0) is 17.8. The molecular formula is C18H17F2N3O2. The van der Waals surface area contributed by atoms with E-state index in [1.54, 1.807) is 4.90 Å². The van der Waals surface area contributed by atoms with Gasteiger partial charge in [-0.25, -0.2) is 8.78 Å². The smallest absolute Gasteiger partial charge is 0.257 e. The lowest BCUT2D eigenvalue weighted by Gasteiger charge is -2.26. The SMILES string of the molecule is O=C(Nc1ccc(F)cc1F)c1cncc(C(=O)N2CCCCC2)c1. The van der Waals surface area contributed by atoms with E-state index in [4.69, 9.17) is 0 Å². The molecule has 0 unspecified atom stereocenters. The van der Waals surface area contributed by atoms with Gasteiger partial charge >= 0.3 is 0 Å². The first-order valence-corrected chi connectivity index (χ1v) is 8.05. The Bertz CT molecular complexity index is 805. The van der Waals surface area contributed by atoms with Crippen LogP contribution in [0.15, 0.2) is 36.7 Å². The molecule has 1 N–H and O–H groups in total. The number of carbonyl (C=O) groups is 2. The predicted molar refractivity (Wildman–Crippen MR) is 88.3 cm³/mol. The zero-order valence-corrected chi connectivity index (χ0v) is 13.5. The lowest BCUT2D eigenvalue weighted by Crippen LogP contribution is -2.35. The van der Waals surface area contributed by atoms with Gasteiger partial charge in [0.1, 0.15) is 11.6 Å². The molecule has 1 fully saturated rings. The second-order valence-electron chi connectivity index (χ2n) is 5.89. The molecule has 1 aliphatic heterocycles. The van der Waals surface area contributed by atoms with E-state index in [1.807, 2.05) is 0 Å². The number of nitrogens with one attached hydrogen (secondary N) is 1. The number of benzene rings is 1. The van der Waals surface area contributed by atoms with Gasteiger partial charge in [-0.15, -0.1) is 0 Å². The molecule has 130 valence electrons. The third kappa shape index (κ3) is 3.99. The van der Waals surface area contributed by atoms with E-state index in [0.717, 1.165) is 31.4 Å².